The Hall–Kier alpha value is -1.43. The van der Waals surface area contributed by atoms with Gasteiger partial charge in [-0.15, -0.1) is 5.10 Å². The van der Waals surface area contributed by atoms with Gasteiger partial charge in [-0.3, -0.25) is 9.89 Å². The molecule has 6 nitrogen and oxygen atoms in total. The molecule has 0 saturated carbocycles. The van der Waals surface area contributed by atoms with Crippen molar-refractivity contribution in [2.45, 2.75) is 39.0 Å². The smallest absolute Gasteiger partial charge is 0.290 e. The average molecular weight is 266 g/mol. The standard InChI is InChI=1S/C13H22N4O2/c1-13(2,3)12-15-10(16-17-12)11(18)14-6-4-9-5-7-19-8-9/h9H,4-8H2,1-3H3,(H,14,18)(H,15,16,17). The van der Waals surface area contributed by atoms with Crippen molar-refractivity contribution in [3.8, 4) is 0 Å². The second-order valence-corrected chi connectivity index (χ2v) is 6.03. The van der Waals surface area contributed by atoms with E-state index >= 15 is 0 Å². The van der Waals surface area contributed by atoms with Crippen molar-refractivity contribution in [1.29, 1.82) is 0 Å². The molecule has 1 unspecified atom stereocenters. The molecule has 0 aromatic carbocycles. The van der Waals surface area contributed by atoms with E-state index in [1.807, 2.05) is 20.8 Å². The Morgan fingerprint density at radius 3 is 2.89 bits per heavy atom. The molecule has 0 radical (unpaired) electrons. The number of nitrogens with zero attached hydrogens (tertiary/aromatic N) is 2. The van der Waals surface area contributed by atoms with E-state index in [4.69, 9.17) is 4.74 Å². The Balaban J connectivity index is 1.81. The molecule has 2 heterocycles. The summed E-state index contributed by atoms with van der Waals surface area (Å²) in [5.74, 6) is 1.29. The molecule has 1 aromatic heterocycles. The molecule has 1 atom stereocenters. The highest BCUT2D eigenvalue weighted by Gasteiger charge is 2.21. The molecule has 0 aliphatic carbocycles. The summed E-state index contributed by atoms with van der Waals surface area (Å²) >= 11 is 0. The summed E-state index contributed by atoms with van der Waals surface area (Å²) in [5, 5.41) is 9.63. The topological polar surface area (TPSA) is 79.9 Å². The first kappa shape index (κ1) is 14.0. The van der Waals surface area contributed by atoms with Crippen molar-refractivity contribution < 1.29 is 9.53 Å². The molecule has 1 fully saturated rings. The van der Waals surface area contributed by atoms with Crippen LogP contribution >= 0.6 is 0 Å². The predicted molar refractivity (Wildman–Crippen MR) is 71.0 cm³/mol. The van der Waals surface area contributed by atoms with Gasteiger partial charge in [-0.25, -0.2) is 4.98 Å². The van der Waals surface area contributed by atoms with Crippen LogP contribution in [-0.2, 0) is 10.2 Å². The first-order chi connectivity index (χ1) is 8.97. The summed E-state index contributed by atoms with van der Waals surface area (Å²) in [6, 6.07) is 0. The summed E-state index contributed by atoms with van der Waals surface area (Å²) in [4.78, 5) is 16.1. The number of carbonyl (C=O) groups excluding carboxylic acids is 1. The molecule has 6 heteroatoms. The quantitative estimate of drug-likeness (QED) is 0.859. The van der Waals surface area contributed by atoms with Gasteiger partial charge in [0.25, 0.3) is 5.91 Å². The highest BCUT2D eigenvalue weighted by atomic mass is 16.5. The Kier molecular flexibility index (Phi) is 4.19. The van der Waals surface area contributed by atoms with Gasteiger partial charge in [0.05, 0.1) is 0 Å². The number of H-pyrrole nitrogens is 1. The van der Waals surface area contributed by atoms with Crippen LogP contribution in [0.4, 0.5) is 0 Å². The molecular weight excluding hydrogens is 244 g/mol. The van der Waals surface area contributed by atoms with Gasteiger partial charge in [0.1, 0.15) is 5.82 Å². The summed E-state index contributed by atoms with van der Waals surface area (Å²) in [5.41, 5.74) is -0.132. The van der Waals surface area contributed by atoms with Crippen LogP contribution in [0.1, 0.15) is 50.1 Å². The number of aromatic nitrogens is 3. The fraction of sp³-hybridized carbons (Fsp3) is 0.769. The van der Waals surface area contributed by atoms with E-state index in [0.29, 0.717) is 12.5 Å². The summed E-state index contributed by atoms with van der Waals surface area (Å²) in [6.45, 7) is 8.37. The first-order valence-electron chi connectivity index (χ1n) is 6.75. The fourth-order valence-electron chi connectivity index (χ4n) is 1.98. The van der Waals surface area contributed by atoms with Crippen molar-refractivity contribution in [2.75, 3.05) is 19.8 Å². The Labute approximate surface area is 113 Å². The number of hydrogen-bond donors (Lipinski definition) is 2. The average Bonchev–Trinajstić information content (AvgIpc) is 2.99. The molecule has 0 spiro atoms. The van der Waals surface area contributed by atoms with Crippen LogP contribution < -0.4 is 5.32 Å². The molecule has 106 valence electrons. The van der Waals surface area contributed by atoms with Gasteiger partial charge in [-0.05, 0) is 18.8 Å². The minimum atomic E-state index is -0.217. The third kappa shape index (κ3) is 3.76. The highest BCUT2D eigenvalue weighted by Crippen LogP contribution is 2.17. The number of rotatable bonds is 4. The highest BCUT2D eigenvalue weighted by molar-refractivity contribution is 5.90. The van der Waals surface area contributed by atoms with E-state index in [1.54, 1.807) is 0 Å². The maximum Gasteiger partial charge on any atom is 0.290 e. The zero-order chi connectivity index (χ0) is 13.9. The van der Waals surface area contributed by atoms with Crippen LogP contribution in [0.2, 0.25) is 0 Å². The lowest BCUT2D eigenvalue weighted by Crippen LogP contribution is -2.27. The minimum absolute atomic E-state index is 0.132. The third-order valence-corrected chi connectivity index (χ3v) is 3.26. The summed E-state index contributed by atoms with van der Waals surface area (Å²) in [6.07, 6.45) is 2.03. The zero-order valence-electron chi connectivity index (χ0n) is 11.8. The SMILES string of the molecule is CC(C)(C)c1nc(C(=O)NCCC2CCOC2)n[nH]1. The largest absolute Gasteiger partial charge is 0.381 e. The minimum Gasteiger partial charge on any atom is -0.381 e. The van der Waals surface area contributed by atoms with Crippen LogP contribution in [0.3, 0.4) is 0 Å². The predicted octanol–water partition coefficient (Wildman–Crippen LogP) is 1.26. The van der Waals surface area contributed by atoms with Crippen molar-refractivity contribution in [3.63, 3.8) is 0 Å². The number of amides is 1. The number of hydrogen-bond acceptors (Lipinski definition) is 4. The molecule has 2 N–H and O–H groups in total. The molecule has 1 aliphatic rings. The van der Waals surface area contributed by atoms with Crippen molar-refractivity contribution in [1.82, 2.24) is 20.5 Å². The van der Waals surface area contributed by atoms with E-state index in [1.165, 1.54) is 0 Å². The lowest BCUT2D eigenvalue weighted by atomic mass is 9.96. The van der Waals surface area contributed by atoms with Gasteiger partial charge in [-0.1, -0.05) is 20.8 Å². The molecule has 1 amide bonds. The van der Waals surface area contributed by atoms with Gasteiger partial charge in [0, 0.05) is 25.2 Å². The van der Waals surface area contributed by atoms with E-state index < -0.39 is 0 Å². The maximum atomic E-state index is 11.9. The van der Waals surface area contributed by atoms with Gasteiger partial charge < -0.3 is 10.1 Å². The van der Waals surface area contributed by atoms with Crippen LogP contribution in [0.5, 0.6) is 0 Å². The van der Waals surface area contributed by atoms with Gasteiger partial charge in [0.2, 0.25) is 5.82 Å². The lowest BCUT2D eigenvalue weighted by Gasteiger charge is -2.12. The van der Waals surface area contributed by atoms with Crippen molar-refractivity contribution in [3.05, 3.63) is 11.6 Å². The number of carbonyl (C=O) groups is 1. The Morgan fingerprint density at radius 1 is 1.53 bits per heavy atom. The molecule has 0 bridgehead atoms. The zero-order valence-corrected chi connectivity index (χ0v) is 11.8. The second-order valence-electron chi connectivity index (χ2n) is 6.03. The number of ether oxygens (including phenoxy) is 1. The van der Waals surface area contributed by atoms with Crippen LogP contribution in [0.15, 0.2) is 0 Å². The number of nitrogens with one attached hydrogen (secondary N) is 2. The Bertz CT molecular complexity index is 430. The van der Waals surface area contributed by atoms with Crippen LogP contribution in [0, 0.1) is 5.92 Å². The van der Waals surface area contributed by atoms with E-state index in [-0.39, 0.29) is 17.1 Å². The lowest BCUT2D eigenvalue weighted by molar-refractivity contribution is 0.0940. The van der Waals surface area contributed by atoms with Gasteiger partial charge in [-0.2, -0.15) is 0 Å². The summed E-state index contributed by atoms with van der Waals surface area (Å²) in [7, 11) is 0. The monoisotopic (exact) mass is 266 g/mol. The van der Waals surface area contributed by atoms with Crippen LogP contribution in [0.25, 0.3) is 0 Å². The second kappa shape index (κ2) is 5.69. The first-order valence-corrected chi connectivity index (χ1v) is 6.75. The van der Waals surface area contributed by atoms with E-state index in [0.717, 1.165) is 31.9 Å². The molecule has 1 saturated heterocycles. The fourth-order valence-corrected chi connectivity index (χ4v) is 1.98. The third-order valence-electron chi connectivity index (χ3n) is 3.26. The van der Waals surface area contributed by atoms with Gasteiger partial charge >= 0.3 is 0 Å². The van der Waals surface area contributed by atoms with E-state index in [9.17, 15) is 4.79 Å². The molecule has 2 rings (SSSR count). The maximum absolute atomic E-state index is 11.9. The van der Waals surface area contributed by atoms with Crippen LogP contribution in [-0.4, -0.2) is 40.8 Å². The molecule has 19 heavy (non-hydrogen) atoms. The Morgan fingerprint density at radius 2 is 2.32 bits per heavy atom. The molecular formula is C13H22N4O2. The summed E-state index contributed by atoms with van der Waals surface area (Å²) < 4.78 is 5.30. The molecule has 1 aromatic rings. The normalized spacial score (nSPS) is 19.6. The molecule has 1 aliphatic heterocycles. The van der Waals surface area contributed by atoms with Gasteiger partial charge in [0.15, 0.2) is 0 Å². The van der Waals surface area contributed by atoms with Crippen molar-refractivity contribution in [2.24, 2.45) is 5.92 Å². The number of aromatic amines is 1. The van der Waals surface area contributed by atoms with E-state index in [2.05, 4.69) is 20.5 Å². The van der Waals surface area contributed by atoms with Crippen molar-refractivity contribution >= 4 is 5.91 Å².